The van der Waals surface area contributed by atoms with Gasteiger partial charge in [0.15, 0.2) is 5.78 Å². The van der Waals surface area contributed by atoms with Gasteiger partial charge in [-0.3, -0.25) is 9.59 Å². The second-order valence-electron chi connectivity index (χ2n) is 3.52. The fourth-order valence-corrected chi connectivity index (χ4v) is 1.67. The Hall–Kier alpha value is -0.700. The first-order valence-corrected chi connectivity index (χ1v) is 4.34. The predicted octanol–water partition coefficient (Wildman–Crippen LogP) is 0.486. The fraction of sp³-hybridized carbons (Fsp3) is 0.778. The largest absolute Gasteiger partial charge is 0.306 e. The first-order chi connectivity index (χ1) is 5.61. The van der Waals surface area contributed by atoms with Crippen molar-refractivity contribution in [2.24, 2.45) is 5.92 Å². The second-order valence-corrected chi connectivity index (χ2v) is 3.52. The topological polar surface area (TPSA) is 37.4 Å². The molecule has 1 heterocycles. The molecule has 1 atom stereocenters. The van der Waals surface area contributed by atoms with E-state index in [-0.39, 0.29) is 17.5 Å². The van der Waals surface area contributed by atoms with Crippen molar-refractivity contribution in [3.63, 3.8) is 0 Å². The van der Waals surface area contributed by atoms with Crippen molar-refractivity contribution in [2.45, 2.75) is 19.8 Å². The molecule has 0 radical (unpaired) electrons. The molecular formula is C9H15NO2. The Morgan fingerprint density at radius 3 is 2.58 bits per heavy atom. The number of carbonyl (C=O) groups is 2. The summed E-state index contributed by atoms with van der Waals surface area (Å²) in [7, 11) is 1.99. The molecule has 68 valence electrons. The summed E-state index contributed by atoms with van der Waals surface area (Å²) >= 11 is 0. The molecule has 1 aliphatic rings. The van der Waals surface area contributed by atoms with Crippen molar-refractivity contribution in [3.8, 4) is 0 Å². The van der Waals surface area contributed by atoms with Gasteiger partial charge in [-0.1, -0.05) is 0 Å². The molecule has 3 heteroatoms. The Bertz CT molecular complexity index is 201. The van der Waals surface area contributed by atoms with Crippen LogP contribution in [0.25, 0.3) is 0 Å². The quantitative estimate of drug-likeness (QED) is 0.564. The van der Waals surface area contributed by atoms with Gasteiger partial charge in [-0.15, -0.1) is 0 Å². The first kappa shape index (κ1) is 9.39. The lowest BCUT2D eigenvalue weighted by Crippen LogP contribution is -2.38. The Morgan fingerprint density at radius 1 is 1.42 bits per heavy atom. The van der Waals surface area contributed by atoms with E-state index in [9.17, 15) is 9.59 Å². The fourth-order valence-electron chi connectivity index (χ4n) is 1.67. The van der Waals surface area contributed by atoms with Crippen molar-refractivity contribution in [2.75, 3.05) is 20.1 Å². The summed E-state index contributed by atoms with van der Waals surface area (Å²) in [6, 6.07) is 0. The normalized spacial score (nSPS) is 25.3. The maximum Gasteiger partial charge on any atom is 0.202 e. The number of rotatable bonds is 2. The number of hydrogen-bond donors (Lipinski definition) is 0. The molecule has 0 N–H and O–H groups in total. The van der Waals surface area contributed by atoms with Gasteiger partial charge in [0.05, 0.1) is 0 Å². The van der Waals surface area contributed by atoms with Gasteiger partial charge >= 0.3 is 0 Å². The zero-order chi connectivity index (χ0) is 9.14. The number of Topliss-reactive ketones (excluding diaryl/α,β-unsaturated/α-hetero) is 2. The van der Waals surface area contributed by atoms with E-state index in [0.717, 1.165) is 25.9 Å². The number of nitrogens with zero attached hydrogens (tertiary/aromatic N) is 1. The van der Waals surface area contributed by atoms with Crippen molar-refractivity contribution in [1.82, 2.24) is 4.90 Å². The van der Waals surface area contributed by atoms with E-state index in [0.29, 0.717) is 0 Å². The van der Waals surface area contributed by atoms with Crippen LogP contribution in [0.15, 0.2) is 0 Å². The van der Waals surface area contributed by atoms with Gasteiger partial charge in [0.25, 0.3) is 0 Å². The molecular weight excluding hydrogens is 154 g/mol. The lowest BCUT2D eigenvalue weighted by molar-refractivity contribution is -0.138. The Balaban J connectivity index is 2.51. The third-order valence-corrected chi connectivity index (χ3v) is 2.34. The van der Waals surface area contributed by atoms with E-state index in [4.69, 9.17) is 0 Å². The Morgan fingerprint density at radius 2 is 2.08 bits per heavy atom. The third kappa shape index (κ3) is 2.14. The predicted molar refractivity (Wildman–Crippen MR) is 45.9 cm³/mol. The van der Waals surface area contributed by atoms with Crippen LogP contribution in [0, 0.1) is 5.92 Å². The summed E-state index contributed by atoms with van der Waals surface area (Å²) in [5.74, 6) is -0.530. The van der Waals surface area contributed by atoms with E-state index >= 15 is 0 Å². The summed E-state index contributed by atoms with van der Waals surface area (Å²) in [5.41, 5.74) is 0. The van der Waals surface area contributed by atoms with Gasteiger partial charge in [-0.2, -0.15) is 0 Å². The zero-order valence-corrected chi connectivity index (χ0v) is 7.67. The number of piperidine rings is 1. The number of hydrogen-bond acceptors (Lipinski definition) is 3. The average molecular weight is 169 g/mol. The highest BCUT2D eigenvalue weighted by Crippen LogP contribution is 2.15. The van der Waals surface area contributed by atoms with Gasteiger partial charge < -0.3 is 4.90 Å². The molecule has 0 amide bonds. The van der Waals surface area contributed by atoms with Crippen LogP contribution in [0.5, 0.6) is 0 Å². The monoisotopic (exact) mass is 169 g/mol. The minimum atomic E-state index is -0.296. The van der Waals surface area contributed by atoms with E-state index in [1.54, 1.807) is 0 Å². The van der Waals surface area contributed by atoms with Crippen LogP contribution in [-0.4, -0.2) is 36.6 Å². The van der Waals surface area contributed by atoms with Crippen LogP contribution in [0.2, 0.25) is 0 Å². The van der Waals surface area contributed by atoms with Crippen LogP contribution in [0.4, 0.5) is 0 Å². The summed E-state index contributed by atoms with van der Waals surface area (Å²) in [6.45, 7) is 3.15. The molecule has 1 fully saturated rings. The van der Waals surface area contributed by atoms with Gasteiger partial charge in [-0.25, -0.2) is 0 Å². The van der Waals surface area contributed by atoms with E-state index in [2.05, 4.69) is 4.90 Å². The van der Waals surface area contributed by atoms with Crippen LogP contribution in [0.3, 0.4) is 0 Å². The lowest BCUT2D eigenvalue weighted by Gasteiger charge is -2.27. The lowest BCUT2D eigenvalue weighted by atomic mass is 9.92. The van der Waals surface area contributed by atoms with Crippen LogP contribution >= 0.6 is 0 Å². The molecule has 1 rings (SSSR count). The van der Waals surface area contributed by atoms with Gasteiger partial charge in [0.2, 0.25) is 5.78 Å². The van der Waals surface area contributed by atoms with Crippen molar-refractivity contribution in [3.05, 3.63) is 0 Å². The van der Waals surface area contributed by atoms with E-state index in [1.165, 1.54) is 6.92 Å². The van der Waals surface area contributed by atoms with E-state index in [1.807, 2.05) is 7.05 Å². The SMILES string of the molecule is CC(=O)C(=O)C1CCCN(C)C1. The highest BCUT2D eigenvalue weighted by atomic mass is 16.2. The highest BCUT2D eigenvalue weighted by Gasteiger charge is 2.26. The maximum atomic E-state index is 11.3. The number of carbonyl (C=O) groups excluding carboxylic acids is 2. The highest BCUT2D eigenvalue weighted by molar-refractivity contribution is 6.37. The maximum absolute atomic E-state index is 11.3. The van der Waals surface area contributed by atoms with Crippen LogP contribution < -0.4 is 0 Å². The molecule has 0 aromatic rings. The van der Waals surface area contributed by atoms with Crippen LogP contribution in [-0.2, 0) is 9.59 Å². The molecule has 0 aromatic carbocycles. The van der Waals surface area contributed by atoms with Gasteiger partial charge in [0.1, 0.15) is 0 Å². The van der Waals surface area contributed by atoms with Gasteiger partial charge in [-0.05, 0) is 26.4 Å². The Labute approximate surface area is 72.7 Å². The molecule has 1 unspecified atom stereocenters. The molecule has 0 aromatic heterocycles. The summed E-state index contributed by atoms with van der Waals surface area (Å²) in [6.07, 6.45) is 1.91. The smallest absolute Gasteiger partial charge is 0.202 e. The van der Waals surface area contributed by atoms with Crippen molar-refractivity contribution < 1.29 is 9.59 Å². The molecule has 1 aliphatic heterocycles. The van der Waals surface area contributed by atoms with Crippen molar-refractivity contribution >= 4 is 11.6 Å². The zero-order valence-electron chi connectivity index (χ0n) is 7.67. The minimum absolute atomic E-state index is 0.0405. The molecule has 0 saturated carbocycles. The number of ketones is 2. The average Bonchev–Trinajstić information content (AvgIpc) is 2.03. The van der Waals surface area contributed by atoms with E-state index < -0.39 is 0 Å². The second kappa shape index (κ2) is 3.81. The molecule has 1 saturated heterocycles. The molecule has 12 heavy (non-hydrogen) atoms. The van der Waals surface area contributed by atoms with Gasteiger partial charge in [0, 0.05) is 19.4 Å². The van der Waals surface area contributed by atoms with Crippen molar-refractivity contribution in [1.29, 1.82) is 0 Å². The minimum Gasteiger partial charge on any atom is -0.306 e. The summed E-state index contributed by atoms with van der Waals surface area (Å²) < 4.78 is 0. The summed E-state index contributed by atoms with van der Waals surface area (Å²) in [4.78, 5) is 24.2. The van der Waals surface area contributed by atoms with Crippen LogP contribution in [0.1, 0.15) is 19.8 Å². The molecule has 0 bridgehead atoms. The molecule has 0 aliphatic carbocycles. The first-order valence-electron chi connectivity index (χ1n) is 4.34. The summed E-state index contributed by atoms with van der Waals surface area (Å²) in [5, 5.41) is 0. The third-order valence-electron chi connectivity index (χ3n) is 2.34. The molecule has 3 nitrogen and oxygen atoms in total. The standard InChI is InChI=1S/C9H15NO2/c1-7(11)9(12)8-4-3-5-10(2)6-8/h8H,3-6H2,1-2H3. The molecule has 0 spiro atoms. The Kier molecular flexibility index (Phi) is 2.98. The number of likely N-dealkylation sites (tertiary alicyclic amines) is 1.